The number of ether oxygens (including phenoxy) is 1. The van der Waals surface area contributed by atoms with Gasteiger partial charge in [-0.05, 0) is 116 Å². The summed E-state index contributed by atoms with van der Waals surface area (Å²) >= 11 is 0. The first-order chi connectivity index (χ1) is 24.4. The van der Waals surface area contributed by atoms with E-state index in [1.807, 2.05) is 54.9 Å². The van der Waals surface area contributed by atoms with Crippen LogP contribution in [-0.4, -0.2) is 63.8 Å². The molecule has 0 N–H and O–H groups in total. The summed E-state index contributed by atoms with van der Waals surface area (Å²) in [6.07, 6.45) is 0.939. The van der Waals surface area contributed by atoms with Gasteiger partial charge in [-0.25, -0.2) is 0 Å². The van der Waals surface area contributed by atoms with Crippen molar-refractivity contribution in [2.24, 2.45) is 18.4 Å². The Morgan fingerprint density at radius 1 is 1.02 bits per heavy atom. The zero-order chi connectivity index (χ0) is 35.7. The van der Waals surface area contributed by atoms with Gasteiger partial charge in [0.15, 0.2) is 0 Å². The van der Waals surface area contributed by atoms with Gasteiger partial charge in [-0.15, -0.1) is 10.2 Å². The molecule has 1 saturated carbocycles. The van der Waals surface area contributed by atoms with Crippen LogP contribution >= 0.6 is 0 Å². The molecular formula is C40H45F3N6O2. The fraction of sp³-hybridized carbons (Fsp3) is 0.475. The second-order valence-corrected chi connectivity index (χ2v) is 15.6. The first-order valence-corrected chi connectivity index (χ1v) is 18.0. The SMILES string of the molecule is COc1ccc(CN2CC[C@]3(CCN([C@@H](C)c4cc5c(c(C(F)(F)F)c4)CN(c4cccc(C6(c7nncn7C)CC(C)C6)c4)C5=O)C3)C2)cc1. The number of hydrogen-bond acceptors (Lipinski definition) is 6. The summed E-state index contributed by atoms with van der Waals surface area (Å²) < 4.78 is 51.5. The normalized spacial score (nSPS) is 25.8. The number of amides is 1. The van der Waals surface area contributed by atoms with E-state index in [2.05, 4.69) is 39.1 Å². The summed E-state index contributed by atoms with van der Waals surface area (Å²) in [6.45, 7) is 8.52. The number of fused-ring (bicyclic) bond motifs is 1. The molecule has 0 unspecified atom stereocenters. The van der Waals surface area contributed by atoms with Gasteiger partial charge in [-0.3, -0.25) is 14.6 Å². The van der Waals surface area contributed by atoms with E-state index >= 15 is 0 Å². The topological polar surface area (TPSA) is 66.7 Å². The molecule has 2 atom stereocenters. The maximum atomic E-state index is 14.8. The van der Waals surface area contributed by atoms with Crippen LogP contribution in [0.1, 0.15) is 89.6 Å². The third kappa shape index (κ3) is 5.92. The van der Waals surface area contributed by atoms with Gasteiger partial charge in [0.2, 0.25) is 0 Å². The van der Waals surface area contributed by atoms with Gasteiger partial charge in [0.25, 0.3) is 5.91 Å². The highest BCUT2D eigenvalue weighted by atomic mass is 19.4. The van der Waals surface area contributed by atoms with Crippen molar-refractivity contribution >= 4 is 11.6 Å². The van der Waals surface area contributed by atoms with Gasteiger partial charge in [-0.1, -0.05) is 31.2 Å². The molecule has 1 aliphatic carbocycles. The minimum absolute atomic E-state index is 0.0528. The number of nitrogens with zero attached hydrogens (tertiary/aromatic N) is 6. The molecule has 3 aliphatic heterocycles. The lowest BCUT2D eigenvalue weighted by Gasteiger charge is -2.46. The van der Waals surface area contributed by atoms with E-state index in [-0.39, 0.29) is 40.5 Å². The highest BCUT2D eigenvalue weighted by Gasteiger charge is 2.49. The van der Waals surface area contributed by atoms with E-state index < -0.39 is 11.7 Å². The van der Waals surface area contributed by atoms with Crippen LogP contribution in [0.15, 0.2) is 67.0 Å². The summed E-state index contributed by atoms with van der Waals surface area (Å²) in [6, 6.07) is 18.6. The minimum Gasteiger partial charge on any atom is -0.497 e. The second-order valence-electron chi connectivity index (χ2n) is 15.6. The van der Waals surface area contributed by atoms with Crippen LogP contribution in [0.25, 0.3) is 0 Å². The van der Waals surface area contributed by atoms with Crippen LogP contribution in [-0.2, 0) is 31.7 Å². The Morgan fingerprint density at radius 2 is 1.78 bits per heavy atom. The Hall–Kier alpha value is -4.22. The summed E-state index contributed by atoms with van der Waals surface area (Å²) in [4.78, 5) is 20.4. The molecule has 0 radical (unpaired) electrons. The molecule has 3 fully saturated rings. The highest BCUT2D eigenvalue weighted by molar-refractivity contribution is 6.10. The van der Waals surface area contributed by atoms with Gasteiger partial charge < -0.3 is 14.2 Å². The van der Waals surface area contributed by atoms with Crippen molar-refractivity contribution in [1.29, 1.82) is 0 Å². The number of hydrogen-bond donors (Lipinski definition) is 0. The quantitative estimate of drug-likeness (QED) is 0.192. The Bertz CT molecular complexity index is 1950. The maximum Gasteiger partial charge on any atom is 0.416 e. The molecule has 8 nitrogen and oxygen atoms in total. The molecule has 2 saturated heterocycles. The molecule has 4 aromatic rings. The number of likely N-dealkylation sites (tertiary alicyclic amines) is 2. The van der Waals surface area contributed by atoms with E-state index in [9.17, 15) is 18.0 Å². The maximum absolute atomic E-state index is 14.8. The van der Waals surface area contributed by atoms with Crippen LogP contribution < -0.4 is 9.64 Å². The van der Waals surface area contributed by atoms with E-state index in [4.69, 9.17) is 4.74 Å². The van der Waals surface area contributed by atoms with E-state index in [0.717, 1.165) is 75.5 Å². The first kappa shape index (κ1) is 33.9. The summed E-state index contributed by atoms with van der Waals surface area (Å²) in [5.41, 5.74) is 2.63. The number of carbonyl (C=O) groups is 1. The highest BCUT2D eigenvalue weighted by Crippen LogP contribution is 2.52. The molecule has 4 aliphatic rings. The molecule has 1 aromatic heterocycles. The Balaban J connectivity index is 1.02. The van der Waals surface area contributed by atoms with Crippen molar-refractivity contribution < 1.29 is 22.7 Å². The van der Waals surface area contributed by atoms with Crippen LogP contribution in [0.5, 0.6) is 5.75 Å². The van der Waals surface area contributed by atoms with Crippen LogP contribution in [0.4, 0.5) is 18.9 Å². The lowest BCUT2D eigenvalue weighted by atomic mass is 9.58. The van der Waals surface area contributed by atoms with Crippen molar-refractivity contribution in [3.05, 3.63) is 106 Å². The summed E-state index contributed by atoms with van der Waals surface area (Å²) in [5, 5.41) is 8.56. The fourth-order valence-electron chi connectivity index (χ4n) is 9.49. The van der Waals surface area contributed by atoms with Gasteiger partial charge in [0, 0.05) is 44.0 Å². The number of alkyl halides is 3. The van der Waals surface area contributed by atoms with Crippen LogP contribution in [0.2, 0.25) is 0 Å². The van der Waals surface area contributed by atoms with Gasteiger partial charge in [-0.2, -0.15) is 13.2 Å². The predicted molar refractivity (Wildman–Crippen MR) is 189 cm³/mol. The van der Waals surface area contributed by atoms with Crippen molar-refractivity contribution in [3.63, 3.8) is 0 Å². The third-order valence-electron chi connectivity index (χ3n) is 12.2. The Morgan fingerprint density at radius 3 is 2.47 bits per heavy atom. The molecule has 3 aromatic carbocycles. The standard InChI is InChI=1S/C40H45F3N6O2/c1-26-19-39(20-26,37-45-44-25-46(37)3)30-6-5-7-31(18-30)49-22-34-33(36(49)50)16-29(17-35(34)40(41,42)43)27(2)48-15-13-38(24-48)12-14-47(23-38)21-28-8-10-32(51-4)11-9-28/h5-11,16-18,25-27H,12-15,19-24H2,1-4H3/t26?,27-,38-,39?/m0/s1. The zero-order valence-corrected chi connectivity index (χ0v) is 29.7. The van der Waals surface area contributed by atoms with Gasteiger partial charge in [0.05, 0.1) is 24.6 Å². The fourth-order valence-corrected chi connectivity index (χ4v) is 9.49. The Kier molecular flexibility index (Phi) is 8.29. The van der Waals surface area contributed by atoms with E-state index in [1.54, 1.807) is 19.5 Å². The number of carbonyl (C=O) groups excluding carboxylic acids is 1. The molecule has 1 amide bonds. The third-order valence-corrected chi connectivity index (χ3v) is 12.2. The van der Waals surface area contributed by atoms with Crippen molar-refractivity contribution in [3.8, 4) is 5.75 Å². The number of halogens is 3. The molecule has 51 heavy (non-hydrogen) atoms. The van der Waals surface area contributed by atoms with Gasteiger partial charge in [0.1, 0.15) is 17.9 Å². The molecular weight excluding hydrogens is 653 g/mol. The van der Waals surface area contributed by atoms with Crippen molar-refractivity contribution in [1.82, 2.24) is 24.6 Å². The van der Waals surface area contributed by atoms with Crippen LogP contribution in [0, 0.1) is 11.3 Å². The smallest absolute Gasteiger partial charge is 0.416 e. The number of methoxy groups -OCH3 is 1. The second kappa shape index (κ2) is 12.5. The number of aromatic nitrogens is 3. The zero-order valence-electron chi connectivity index (χ0n) is 29.7. The largest absolute Gasteiger partial charge is 0.497 e. The number of benzene rings is 3. The number of rotatable bonds is 8. The molecule has 0 bridgehead atoms. The predicted octanol–water partition coefficient (Wildman–Crippen LogP) is 7.38. The molecule has 11 heteroatoms. The monoisotopic (exact) mass is 698 g/mol. The van der Waals surface area contributed by atoms with Crippen molar-refractivity contribution in [2.45, 2.75) is 70.3 Å². The average molecular weight is 699 g/mol. The number of aryl methyl sites for hydroxylation is 1. The van der Waals surface area contributed by atoms with E-state index in [0.29, 0.717) is 17.2 Å². The molecule has 4 heterocycles. The lowest BCUT2D eigenvalue weighted by molar-refractivity contribution is -0.138. The summed E-state index contributed by atoms with van der Waals surface area (Å²) in [7, 11) is 3.59. The first-order valence-electron chi connectivity index (χ1n) is 18.0. The van der Waals surface area contributed by atoms with Crippen molar-refractivity contribution in [2.75, 3.05) is 38.2 Å². The molecule has 1 spiro atoms. The van der Waals surface area contributed by atoms with Gasteiger partial charge >= 0.3 is 6.18 Å². The molecule has 268 valence electrons. The average Bonchev–Trinajstić information content (AvgIpc) is 3.90. The van der Waals surface area contributed by atoms with E-state index in [1.165, 1.54) is 16.5 Å². The van der Waals surface area contributed by atoms with Crippen LogP contribution in [0.3, 0.4) is 0 Å². The summed E-state index contributed by atoms with van der Waals surface area (Å²) in [5.74, 6) is 1.81. The Labute approximate surface area is 297 Å². The number of anilines is 1. The molecule has 8 rings (SSSR count). The lowest BCUT2D eigenvalue weighted by Crippen LogP contribution is -2.43. The minimum atomic E-state index is -4.59.